The summed E-state index contributed by atoms with van der Waals surface area (Å²) in [5.74, 6) is 0.422. The maximum Gasteiger partial charge on any atom is 0.126 e. The van der Waals surface area contributed by atoms with Crippen LogP contribution in [-0.2, 0) is 12.8 Å². The minimum atomic E-state index is -0.832. The van der Waals surface area contributed by atoms with Crippen LogP contribution in [0.4, 0.5) is 4.39 Å². The van der Waals surface area contributed by atoms with Gasteiger partial charge in [-0.3, -0.25) is 0 Å². The summed E-state index contributed by atoms with van der Waals surface area (Å²) in [6, 6.07) is 7.95. The van der Waals surface area contributed by atoms with E-state index in [9.17, 15) is 9.50 Å². The lowest BCUT2D eigenvalue weighted by atomic mass is 9.98. The van der Waals surface area contributed by atoms with Crippen LogP contribution in [0, 0.1) is 5.82 Å². The Morgan fingerprint density at radius 1 is 1.33 bits per heavy atom. The van der Waals surface area contributed by atoms with E-state index in [4.69, 9.17) is 16.3 Å². The molecule has 0 radical (unpaired) electrons. The second-order valence-electron chi connectivity index (χ2n) is 5.04. The van der Waals surface area contributed by atoms with Crippen LogP contribution in [0.3, 0.4) is 0 Å². The van der Waals surface area contributed by atoms with Crippen molar-refractivity contribution in [1.82, 2.24) is 0 Å². The fourth-order valence-electron chi connectivity index (χ4n) is 2.59. The maximum atomic E-state index is 13.4. The molecule has 0 aromatic heterocycles. The summed E-state index contributed by atoms with van der Waals surface area (Å²) in [5, 5.41) is 11.0. The normalized spacial score (nSPS) is 14.7. The lowest BCUT2D eigenvalue weighted by Gasteiger charge is -2.15. The molecule has 1 aliphatic heterocycles. The lowest BCUT2D eigenvalue weighted by Crippen LogP contribution is -2.05. The topological polar surface area (TPSA) is 29.5 Å². The predicted octanol–water partition coefficient (Wildman–Crippen LogP) is 4.45. The minimum Gasteiger partial charge on any atom is -0.493 e. The molecule has 21 heavy (non-hydrogen) atoms. The van der Waals surface area contributed by atoms with E-state index in [1.807, 2.05) is 6.07 Å². The molecule has 0 saturated heterocycles. The second kappa shape index (κ2) is 5.95. The van der Waals surface area contributed by atoms with Gasteiger partial charge in [-0.15, -0.1) is 0 Å². The Hall–Kier alpha value is -1.10. The summed E-state index contributed by atoms with van der Waals surface area (Å²) in [7, 11) is 0. The molecule has 0 bridgehead atoms. The highest BCUT2D eigenvalue weighted by molar-refractivity contribution is 9.10. The maximum absolute atomic E-state index is 13.4. The van der Waals surface area contributed by atoms with Crippen LogP contribution in [0.1, 0.15) is 22.8 Å². The molecule has 1 N–H and O–H groups in total. The highest BCUT2D eigenvalue weighted by Gasteiger charge is 2.21. The highest BCUT2D eigenvalue weighted by Crippen LogP contribution is 2.36. The minimum absolute atomic E-state index is 0.324. The Morgan fingerprint density at radius 3 is 2.95 bits per heavy atom. The van der Waals surface area contributed by atoms with E-state index in [0.29, 0.717) is 28.1 Å². The number of hydrogen-bond acceptors (Lipinski definition) is 2. The van der Waals surface area contributed by atoms with E-state index >= 15 is 0 Å². The van der Waals surface area contributed by atoms with Crippen molar-refractivity contribution in [2.24, 2.45) is 0 Å². The van der Waals surface area contributed by atoms with Gasteiger partial charge in [-0.05, 0) is 47.0 Å². The van der Waals surface area contributed by atoms with Crippen molar-refractivity contribution in [2.45, 2.75) is 18.9 Å². The zero-order chi connectivity index (χ0) is 15.0. The molecule has 0 fully saturated rings. The van der Waals surface area contributed by atoms with Crippen molar-refractivity contribution in [1.29, 1.82) is 0 Å². The zero-order valence-electron chi connectivity index (χ0n) is 11.1. The molecule has 0 aliphatic carbocycles. The lowest BCUT2D eigenvalue weighted by molar-refractivity contribution is 0.176. The molecule has 1 unspecified atom stereocenters. The van der Waals surface area contributed by atoms with Crippen LogP contribution in [0.15, 0.2) is 34.8 Å². The van der Waals surface area contributed by atoms with Crippen molar-refractivity contribution in [3.05, 3.63) is 62.3 Å². The van der Waals surface area contributed by atoms with Gasteiger partial charge in [0.2, 0.25) is 0 Å². The van der Waals surface area contributed by atoms with Gasteiger partial charge < -0.3 is 9.84 Å². The number of rotatable bonds is 3. The largest absolute Gasteiger partial charge is 0.493 e. The van der Waals surface area contributed by atoms with Crippen LogP contribution in [0.2, 0.25) is 5.02 Å². The Kier molecular flexibility index (Phi) is 4.20. The van der Waals surface area contributed by atoms with E-state index < -0.39 is 6.10 Å². The van der Waals surface area contributed by atoms with Gasteiger partial charge in [-0.25, -0.2) is 4.39 Å². The van der Waals surface area contributed by atoms with Gasteiger partial charge in [0.25, 0.3) is 0 Å². The number of fused-ring (bicyclic) bond motifs is 1. The van der Waals surface area contributed by atoms with Crippen molar-refractivity contribution in [2.75, 3.05) is 6.61 Å². The van der Waals surface area contributed by atoms with Gasteiger partial charge in [0, 0.05) is 22.3 Å². The average molecular weight is 372 g/mol. The zero-order valence-corrected chi connectivity index (χ0v) is 13.4. The first kappa shape index (κ1) is 14.8. The molecular formula is C16H13BrClFO2. The van der Waals surface area contributed by atoms with E-state index in [1.165, 1.54) is 12.1 Å². The van der Waals surface area contributed by atoms with Crippen molar-refractivity contribution >= 4 is 27.5 Å². The van der Waals surface area contributed by atoms with Gasteiger partial charge in [0.1, 0.15) is 11.6 Å². The molecule has 1 atom stereocenters. The number of aliphatic hydroxyl groups excluding tert-OH is 1. The molecule has 0 amide bonds. The Morgan fingerprint density at radius 2 is 2.14 bits per heavy atom. The van der Waals surface area contributed by atoms with E-state index in [0.717, 1.165) is 23.3 Å². The first-order valence-electron chi connectivity index (χ1n) is 6.61. The third-order valence-corrected chi connectivity index (χ3v) is 4.50. The van der Waals surface area contributed by atoms with Gasteiger partial charge in [0.05, 0.1) is 12.7 Å². The van der Waals surface area contributed by atoms with Crippen LogP contribution in [0.25, 0.3) is 0 Å². The summed E-state index contributed by atoms with van der Waals surface area (Å²) in [4.78, 5) is 0. The molecule has 2 aromatic carbocycles. The third-order valence-electron chi connectivity index (χ3n) is 3.56. The fraction of sp³-hybridized carbons (Fsp3) is 0.250. The molecular weight excluding hydrogens is 359 g/mol. The Labute approximate surface area is 135 Å². The molecule has 5 heteroatoms. The first-order chi connectivity index (χ1) is 10.0. The van der Waals surface area contributed by atoms with Crippen molar-refractivity contribution < 1.29 is 14.2 Å². The van der Waals surface area contributed by atoms with Crippen molar-refractivity contribution in [3.8, 4) is 5.75 Å². The summed E-state index contributed by atoms with van der Waals surface area (Å²) < 4.78 is 19.6. The van der Waals surface area contributed by atoms with Crippen molar-refractivity contribution in [3.63, 3.8) is 0 Å². The summed E-state index contributed by atoms with van der Waals surface area (Å²) in [6.07, 6.45) is 0.315. The van der Waals surface area contributed by atoms with Crippen LogP contribution >= 0.6 is 27.5 Å². The van der Waals surface area contributed by atoms with Gasteiger partial charge in [0.15, 0.2) is 0 Å². The van der Waals surface area contributed by atoms with E-state index in [1.54, 1.807) is 12.1 Å². The van der Waals surface area contributed by atoms with Gasteiger partial charge >= 0.3 is 0 Å². The molecule has 2 nitrogen and oxygen atoms in total. The molecule has 110 valence electrons. The molecule has 2 aromatic rings. The number of aliphatic hydroxyl groups is 1. The van der Waals surface area contributed by atoms with Gasteiger partial charge in [-0.1, -0.05) is 27.5 Å². The number of ether oxygens (including phenoxy) is 1. The highest BCUT2D eigenvalue weighted by atomic mass is 79.9. The second-order valence-corrected chi connectivity index (χ2v) is 6.33. The van der Waals surface area contributed by atoms with Crippen LogP contribution < -0.4 is 4.74 Å². The van der Waals surface area contributed by atoms with E-state index in [-0.39, 0.29) is 5.82 Å². The summed E-state index contributed by atoms with van der Waals surface area (Å²) in [6.45, 7) is 0.627. The quantitative estimate of drug-likeness (QED) is 0.863. The molecule has 3 rings (SSSR count). The number of benzene rings is 2. The Balaban J connectivity index is 1.92. The van der Waals surface area contributed by atoms with Gasteiger partial charge in [-0.2, -0.15) is 0 Å². The van der Waals surface area contributed by atoms with Crippen LogP contribution in [-0.4, -0.2) is 11.7 Å². The average Bonchev–Trinajstić information content (AvgIpc) is 2.89. The Bertz CT molecular complexity index is 690. The van der Waals surface area contributed by atoms with Crippen LogP contribution in [0.5, 0.6) is 5.75 Å². The predicted molar refractivity (Wildman–Crippen MR) is 83.4 cm³/mol. The van der Waals surface area contributed by atoms with E-state index in [2.05, 4.69) is 15.9 Å². The fourth-order valence-corrected chi connectivity index (χ4v) is 3.36. The standard InChI is InChI=1S/C16H13BrClFO2/c17-14-2-1-12(19)8-13(14)15(20)7-10-6-11(18)5-9-3-4-21-16(9)10/h1-2,5-6,8,15,20H,3-4,7H2. The molecule has 1 aliphatic rings. The number of halogens is 3. The monoisotopic (exact) mass is 370 g/mol. The first-order valence-corrected chi connectivity index (χ1v) is 7.79. The summed E-state index contributed by atoms with van der Waals surface area (Å²) in [5.41, 5.74) is 2.42. The number of hydrogen-bond donors (Lipinski definition) is 1. The molecule has 1 heterocycles. The molecule has 0 spiro atoms. The SMILES string of the molecule is OC(Cc1cc(Cl)cc2c1OCC2)c1cc(F)ccc1Br. The third kappa shape index (κ3) is 3.07. The summed E-state index contributed by atoms with van der Waals surface area (Å²) >= 11 is 9.45. The molecule has 0 saturated carbocycles. The smallest absolute Gasteiger partial charge is 0.126 e.